The summed E-state index contributed by atoms with van der Waals surface area (Å²) in [5.74, 6) is -8.99. The second-order valence-electron chi connectivity index (χ2n) is 10.5. The summed E-state index contributed by atoms with van der Waals surface area (Å²) < 4.78 is 0. The molecule has 0 spiro atoms. The molecule has 1 heterocycles. The highest BCUT2D eigenvalue weighted by atomic mass is 16.4. The summed E-state index contributed by atoms with van der Waals surface area (Å²) in [5.41, 5.74) is 15.7. The minimum atomic E-state index is -1.76. The van der Waals surface area contributed by atoms with Crippen LogP contribution < -0.4 is 49.1 Å². The Balaban J connectivity index is 2.90. The molecule has 0 aromatic rings. The Kier molecular flexibility index (Phi) is 18.0. The van der Waals surface area contributed by atoms with Gasteiger partial charge in [0, 0.05) is 13.1 Å². The van der Waals surface area contributed by atoms with E-state index in [4.69, 9.17) is 27.4 Å². The van der Waals surface area contributed by atoms with Crippen LogP contribution in [0.15, 0.2) is 4.99 Å². The van der Waals surface area contributed by atoms with Crippen molar-refractivity contribution in [2.75, 3.05) is 45.9 Å². The summed E-state index contributed by atoms with van der Waals surface area (Å²) in [6, 6.07) is -5.69. The molecular weight excluding hydrogens is 658 g/mol. The van der Waals surface area contributed by atoms with Crippen molar-refractivity contribution >= 4 is 59.2 Å². The van der Waals surface area contributed by atoms with Gasteiger partial charge in [-0.2, -0.15) is 0 Å². The highest BCUT2D eigenvalue weighted by Gasteiger charge is 2.38. The monoisotopic (exact) mass is 701 g/mol. The number of nitrogens with two attached hydrogens (primary N) is 3. The zero-order valence-corrected chi connectivity index (χ0v) is 26.4. The van der Waals surface area contributed by atoms with Gasteiger partial charge in [0.2, 0.25) is 41.4 Å². The van der Waals surface area contributed by atoms with Crippen molar-refractivity contribution in [3.8, 4) is 0 Å². The van der Waals surface area contributed by atoms with Crippen LogP contribution in [0.25, 0.3) is 0 Å². The van der Waals surface area contributed by atoms with E-state index in [0.29, 0.717) is 6.42 Å². The molecule has 0 aromatic carbocycles. The number of carbonyl (C=O) groups is 9. The molecule has 1 saturated heterocycles. The maximum Gasteiger partial charge on any atom is 0.326 e. The molecule has 1 rings (SSSR count). The normalized spacial score (nSPS) is 15.4. The first-order chi connectivity index (χ1) is 23.1. The molecule has 0 unspecified atom stereocenters. The van der Waals surface area contributed by atoms with Crippen molar-refractivity contribution in [3.05, 3.63) is 0 Å². The molecule has 1 aliphatic heterocycles. The molecule has 1 aliphatic rings. The molecule has 23 heteroatoms. The summed E-state index contributed by atoms with van der Waals surface area (Å²) in [4.78, 5) is 114. The van der Waals surface area contributed by atoms with Crippen LogP contribution in [0, 0.1) is 0 Å². The van der Waals surface area contributed by atoms with Crippen molar-refractivity contribution < 1.29 is 58.5 Å². The first-order valence-electron chi connectivity index (χ1n) is 14.9. The van der Waals surface area contributed by atoms with Crippen molar-refractivity contribution in [3.63, 3.8) is 0 Å². The van der Waals surface area contributed by atoms with E-state index in [-0.39, 0.29) is 44.9 Å². The van der Waals surface area contributed by atoms with Crippen molar-refractivity contribution in [1.82, 2.24) is 36.8 Å². The van der Waals surface area contributed by atoms with E-state index in [1.54, 1.807) is 0 Å². The van der Waals surface area contributed by atoms with Gasteiger partial charge in [-0.25, -0.2) is 4.79 Å². The highest BCUT2D eigenvalue weighted by Crippen LogP contribution is 2.19. The number of aliphatic hydroxyl groups excluding tert-OH is 1. The number of hydrogen-bond donors (Lipinski definition) is 12. The van der Waals surface area contributed by atoms with Crippen LogP contribution in [-0.4, -0.2) is 150 Å². The highest BCUT2D eigenvalue weighted by molar-refractivity contribution is 5.96. The maximum absolute atomic E-state index is 13.3. The quantitative estimate of drug-likeness (QED) is 0.0300. The lowest BCUT2D eigenvalue weighted by Crippen LogP contribution is -2.58. The largest absolute Gasteiger partial charge is 0.481 e. The fourth-order valence-corrected chi connectivity index (χ4v) is 4.38. The lowest BCUT2D eigenvalue weighted by molar-refractivity contribution is -0.147. The Morgan fingerprint density at radius 3 is 1.96 bits per heavy atom. The third-order valence-electron chi connectivity index (χ3n) is 6.75. The number of aliphatic hydroxyl groups is 1. The second kappa shape index (κ2) is 21.3. The van der Waals surface area contributed by atoms with Crippen LogP contribution in [0.1, 0.15) is 32.1 Å². The first-order valence-corrected chi connectivity index (χ1v) is 14.9. The summed E-state index contributed by atoms with van der Waals surface area (Å²) >= 11 is 0. The van der Waals surface area contributed by atoms with Crippen molar-refractivity contribution in [1.29, 1.82) is 0 Å². The fourth-order valence-electron chi connectivity index (χ4n) is 4.38. The molecule has 0 radical (unpaired) electrons. The van der Waals surface area contributed by atoms with E-state index in [0.717, 1.165) is 4.90 Å². The number of carboxylic acid groups (broad SMARTS) is 2. The van der Waals surface area contributed by atoms with Gasteiger partial charge in [-0.1, -0.05) is 0 Å². The Morgan fingerprint density at radius 1 is 0.796 bits per heavy atom. The number of carbonyl (C=O) groups excluding carboxylic acids is 7. The molecule has 4 atom stereocenters. The number of carboxylic acids is 2. The summed E-state index contributed by atoms with van der Waals surface area (Å²) in [5, 5.41) is 41.1. The molecular formula is C26H43N11O12. The van der Waals surface area contributed by atoms with Crippen LogP contribution in [0.3, 0.4) is 0 Å². The Labute approximate surface area is 279 Å². The first kappa shape index (κ1) is 41.4. The topological polar surface area (TPSA) is 380 Å². The van der Waals surface area contributed by atoms with Gasteiger partial charge >= 0.3 is 11.9 Å². The molecule has 7 amide bonds. The van der Waals surface area contributed by atoms with Crippen molar-refractivity contribution in [2.24, 2.45) is 22.2 Å². The molecule has 0 aromatic heterocycles. The molecule has 0 aliphatic carbocycles. The average Bonchev–Trinajstić information content (AvgIpc) is 3.54. The lowest BCUT2D eigenvalue weighted by Gasteiger charge is -2.29. The van der Waals surface area contributed by atoms with Crippen LogP contribution in [-0.2, 0) is 43.2 Å². The molecule has 0 saturated carbocycles. The van der Waals surface area contributed by atoms with E-state index in [2.05, 4.69) is 31.6 Å². The minimum absolute atomic E-state index is 0.0512. The third-order valence-corrected chi connectivity index (χ3v) is 6.75. The third kappa shape index (κ3) is 15.7. The Hall–Kier alpha value is -5.58. The van der Waals surface area contributed by atoms with E-state index < -0.39 is 110 Å². The Morgan fingerprint density at radius 2 is 1.39 bits per heavy atom. The summed E-state index contributed by atoms with van der Waals surface area (Å²) in [6.45, 7) is -2.90. The van der Waals surface area contributed by atoms with Gasteiger partial charge in [-0.15, -0.1) is 0 Å². The van der Waals surface area contributed by atoms with Gasteiger partial charge in [0.05, 0.1) is 39.2 Å². The molecule has 23 nitrogen and oxygen atoms in total. The summed E-state index contributed by atoms with van der Waals surface area (Å²) in [7, 11) is 0. The summed E-state index contributed by atoms with van der Waals surface area (Å²) in [6.07, 6.45) is -0.292. The van der Waals surface area contributed by atoms with Crippen LogP contribution in [0.4, 0.5) is 0 Å². The standard InChI is InChI=1S/C26H43N11O12/c27-8-17(39)31-9-18(40)32-10-19(41)35-15(12-38)24(47)37-6-2-4-16(37)23(46)36-13(3-1-5-30-26(28)29)22(45)33-11-20(42)34-14(25(48)49)7-21(43)44/h13-16,38H,1-12,27H2,(H,31,39)(H,32,40)(H,33,45)(H,34,42)(H,35,41)(H,36,46)(H,43,44)(H,48,49)(H4,28,29,30)/t13-,14-,15-,16-/m0/s1. The van der Waals surface area contributed by atoms with Gasteiger partial charge in [0.25, 0.3) is 0 Å². The fraction of sp³-hybridized carbons (Fsp3) is 0.615. The molecule has 15 N–H and O–H groups in total. The smallest absolute Gasteiger partial charge is 0.326 e. The second-order valence-corrected chi connectivity index (χ2v) is 10.5. The number of aliphatic imine (C=N–C) groups is 1. The number of guanidine groups is 1. The van der Waals surface area contributed by atoms with Crippen molar-refractivity contribution in [2.45, 2.75) is 56.3 Å². The minimum Gasteiger partial charge on any atom is -0.481 e. The number of rotatable bonds is 21. The number of hydrogen-bond acceptors (Lipinski definition) is 12. The van der Waals surface area contributed by atoms with Gasteiger partial charge in [0.1, 0.15) is 24.2 Å². The van der Waals surface area contributed by atoms with Gasteiger partial charge in [-0.05, 0) is 25.7 Å². The van der Waals surface area contributed by atoms with Gasteiger partial charge in [-0.3, -0.25) is 43.3 Å². The number of nitrogens with zero attached hydrogens (tertiary/aromatic N) is 2. The zero-order chi connectivity index (χ0) is 37.1. The van der Waals surface area contributed by atoms with Gasteiger partial charge in [0.15, 0.2) is 5.96 Å². The van der Waals surface area contributed by atoms with E-state index >= 15 is 0 Å². The Bertz CT molecular complexity index is 1270. The SMILES string of the molecule is NCC(=O)NCC(=O)NCC(=O)N[C@@H](CO)C(=O)N1CCC[C@H]1C(=O)N[C@@H](CCCN=C(N)N)C(=O)NCC(=O)N[C@@H](CC(=O)O)C(=O)O. The molecule has 49 heavy (non-hydrogen) atoms. The van der Waals surface area contributed by atoms with Gasteiger partial charge < -0.3 is 69.3 Å². The number of nitrogens with one attached hydrogen (secondary N) is 6. The molecule has 1 fully saturated rings. The van der Waals surface area contributed by atoms with Crippen LogP contribution >= 0.6 is 0 Å². The maximum atomic E-state index is 13.3. The predicted octanol–water partition coefficient (Wildman–Crippen LogP) is -7.66. The molecule has 0 bridgehead atoms. The zero-order valence-electron chi connectivity index (χ0n) is 26.4. The lowest BCUT2D eigenvalue weighted by atomic mass is 10.1. The number of likely N-dealkylation sites (tertiary alicyclic amines) is 1. The van der Waals surface area contributed by atoms with E-state index in [9.17, 15) is 48.3 Å². The number of aliphatic carboxylic acids is 2. The molecule has 274 valence electrons. The van der Waals surface area contributed by atoms with Crippen LogP contribution in [0.5, 0.6) is 0 Å². The van der Waals surface area contributed by atoms with E-state index in [1.165, 1.54) is 0 Å². The predicted molar refractivity (Wildman–Crippen MR) is 165 cm³/mol. The average molecular weight is 702 g/mol. The number of amides is 7. The van der Waals surface area contributed by atoms with Crippen LogP contribution in [0.2, 0.25) is 0 Å². The van der Waals surface area contributed by atoms with E-state index in [1.807, 2.05) is 5.32 Å².